The molecule has 2 heterocycles. The topological polar surface area (TPSA) is 69.7 Å². The van der Waals surface area contributed by atoms with Crippen molar-refractivity contribution in [2.75, 3.05) is 33.2 Å². The van der Waals surface area contributed by atoms with E-state index in [1.54, 1.807) is 30.3 Å². The van der Waals surface area contributed by atoms with E-state index in [0.29, 0.717) is 30.8 Å². The lowest BCUT2D eigenvalue weighted by atomic mass is 9.96. The lowest BCUT2D eigenvalue weighted by Gasteiger charge is -2.33. The molecule has 1 amide bonds. The summed E-state index contributed by atoms with van der Waals surface area (Å²) in [4.78, 5) is 15.1. The van der Waals surface area contributed by atoms with Crippen LogP contribution in [0.3, 0.4) is 0 Å². The molecule has 25 heavy (non-hydrogen) atoms. The SMILES string of the molecule is CN1CCC(NC(=O)C2CCN(S(=O)(=O)c3ccccc3)CC2)CC1. The highest BCUT2D eigenvalue weighted by Gasteiger charge is 2.32. The van der Waals surface area contributed by atoms with E-state index < -0.39 is 10.0 Å². The van der Waals surface area contributed by atoms with Crippen molar-refractivity contribution in [3.05, 3.63) is 30.3 Å². The zero-order valence-electron chi connectivity index (χ0n) is 14.7. The molecule has 0 atom stereocenters. The molecule has 0 bridgehead atoms. The van der Waals surface area contributed by atoms with Crippen molar-refractivity contribution in [3.8, 4) is 0 Å². The molecule has 2 saturated heterocycles. The van der Waals surface area contributed by atoms with Crippen LogP contribution in [0.2, 0.25) is 0 Å². The van der Waals surface area contributed by atoms with E-state index in [1.807, 2.05) is 0 Å². The van der Waals surface area contributed by atoms with E-state index in [2.05, 4.69) is 17.3 Å². The van der Waals surface area contributed by atoms with E-state index in [4.69, 9.17) is 0 Å². The molecule has 2 aliphatic heterocycles. The standard InChI is InChI=1S/C18H27N3O3S/c1-20-11-9-16(10-12-20)19-18(22)15-7-13-21(14-8-15)25(23,24)17-5-3-2-4-6-17/h2-6,15-16H,7-14H2,1H3,(H,19,22). The Morgan fingerprint density at radius 1 is 1.00 bits per heavy atom. The van der Waals surface area contributed by atoms with Gasteiger partial charge in [-0.2, -0.15) is 4.31 Å². The Balaban J connectivity index is 1.52. The molecule has 138 valence electrons. The van der Waals surface area contributed by atoms with Crippen LogP contribution in [0.15, 0.2) is 35.2 Å². The maximum atomic E-state index is 12.6. The van der Waals surface area contributed by atoms with E-state index in [-0.39, 0.29) is 17.9 Å². The van der Waals surface area contributed by atoms with Crippen molar-refractivity contribution in [1.29, 1.82) is 0 Å². The van der Waals surface area contributed by atoms with Gasteiger partial charge in [-0.15, -0.1) is 0 Å². The number of hydrogen-bond donors (Lipinski definition) is 1. The lowest BCUT2D eigenvalue weighted by molar-refractivity contribution is -0.127. The molecule has 0 unspecified atom stereocenters. The van der Waals surface area contributed by atoms with Gasteiger partial charge in [0.15, 0.2) is 0 Å². The largest absolute Gasteiger partial charge is 0.353 e. The fourth-order valence-corrected chi connectivity index (χ4v) is 5.06. The van der Waals surface area contributed by atoms with Gasteiger partial charge in [-0.1, -0.05) is 18.2 Å². The Morgan fingerprint density at radius 3 is 2.20 bits per heavy atom. The molecular weight excluding hydrogens is 338 g/mol. The average molecular weight is 365 g/mol. The minimum atomic E-state index is -3.45. The van der Waals surface area contributed by atoms with Crippen molar-refractivity contribution in [1.82, 2.24) is 14.5 Å². The van der Waals surface area contributed by atoms with E-state index in [9.17, 15) is 13.2 Å². The molecule has 1 aromatic carbocycles. The Bertz CT molecular complexity index is 677. The number of likely N-dealkylation sites (tertiary alicyclic amines) is 1. The van der Waals surface area contributed by atoms with Gasteiger partial charge in [0.05, 0.1) is 4.90 Å². The number of amides is 1. The number of piperidine rings is 2. The summed E-state index contributed by atoms with van der Waals surface area (Å²) in [5.74, 6) is 0.00758. The minimum Gasteiger partial charge on any atom is -0.353 e. The predicted molar refractivity (Wildman–Crippen MR) is 96.6 cm³/mol. The number of hydrogen-bond acceptors (Lipinski definition) is 4. The van der Waals surface area contributed by atoms with Crippen molar-refractivity contribution >= 4 is 15.9 Å². The second-order valence-electron chi connectivity index (χ2n) is 7.08. The Labute approximate surface area is 150 Å². The third-order valence-corrected chi connectivity index (χ3v) is 7.18. The van der Waals surface area contributed by atoms with Crippen LogP contribution in [0.4, 0.5) is 0 Å². The third-order valence-electron chi connectivity index (χ3n) is 5.27. The molecule has 0 spiro atoms. The van der Waals surface area contributed by atoms with Crippen LogP contribution in [0.1, 0.15) is 25.7 Å². The van der Waals surface area contributed by atoms with Crippen LogP contribution in [0.25, 0.3) is 0 Å². The predicted octanol–water partition coefficient (Wildman–Crippen LogP) is 1.30. The molecule has 1 N–H and O–H groups in total. The summed E-state index contributed by atoms with van der Waals surface area (Å²) >= 11 is 0. The van der Waals surface area contributed by atoms with Crippen LogP contribution in [0.5, 0.6) is 0 Å². The summed E-state index contributed by atoms with van der Waals surface area (Å²) in [6.45, 7) is 2.84. The first-order valence-corrected chi connectivity index (χ1v) is 10.4. The van der Waals surface area contributed by atoms with Gasteiger partial charge in [-0.3, -0.25) is 4.79 Å². The molecule has 7 heteroatoms. The minimum absolute atomic E-state index is 0.0816. The van der Waals surface area contributed by atoms with Gasteiger partial charge >= 0.3 is 0 Å². The zero-order chi connectivity index (χ0) is 17.9. The number of nitrogens with zero attached hydrogens (tertiary/aromatic N) is 2. The Morgan fingerprint density at radius 2 is 1.60 bits per heavy atom. The highest BCUT2D eigenvalue weighted by atomic mass is 32.2. The van der Waals surface area contributed by atoms with Gasteiger partial charge in [0.25, 0.3) is 0 Å². The van der Waals surface area contributed by atoms with Gasteiger partial charge in [0, 0.05) is 25.0 Å². The Hall–Kier alpha value is -1.44. The number of carbonyl (C=O) groups is 1. The summed E-state index contributed by atoms with van der Waals surface area (Å²) in [6, 6.07) is 8.76. The van der Waals surface area contributed by atoms with Gasteiger partial charge in [-0.25, -0.2) is 8.42 Å². The fraction of sp³-hybridized carbons (Fsp3) is 0.611. The molecule has 0 aliphatic carbocycles. The van der Waals surface area contributed by atoms with Crippen LogP contribution in [0, 0.1) is 5.92 Å². The van der Waals surface area contributed by atoms with Crippen LogP contribution >= 0.6 is 0 Å². The molecule has 0 aromatic heterocycles. The average Bonchev–Trinajstić information content (AvgIpc) is 2.64. The maximum Gasteiger partial charge on any atom is 0.243 e. The van der Waals surface area contributed by atoms with Crippen LogP contribution < -0.4 is 5.32 Å². The molecule has 0 saturated carbocycles. The van der Waals surface area contributed by atoms with Gasteiger partial charge in [0.2, 0.25) is 15.9 Å². The molecule has 2 aliphatic rings. The molecule has 3 rings (SSSR count). The Kier molecular flexibility index (Phi) is 5.76. The second kappa shape index (κ2) is 7.85. The summed E-state index contributed by atoms with van der Waals surface area (Å²) < 4.78 is 26.8. The maximum absolute atomic E-state index is 12.6. The highest BCUT2D eigenvalue weighted by molar-refractivity contribution is 7.89. The monoisotopic (exact) mass is 365 g/mol. The van der Waals surface area contributed by atoms with Gasteiger partial charge < -0.3 is 10.2 Å². The van der Waals surface area contributed by atoms with E-state index >= 15 is 0 Å². The number of sulfonamides is 1. The third kappa shape index (κ3) is 4.40. The first-order chi connectivity index (χ1) is 12.0. The first-order valence-electron chi connectivity index (χ1n) is 9.01. The molecule has 2 fully saturated rings. The number of rotatable bonds is 4. The number of carbonyl (C=O) groups excluding carboxylic acids is 1. The summed E-state index contributed by atoms with van der Waals surface area (Å²) in [5, 5.41) is 3.16. The summed E-state index contributed by atoms with van der Waals surface area (Å²) in [7, 11) is -1.35. The normalized spacial score (nSPS) is 22.0. The first kappa shape index (κ1) is 18.4. The van der Waals surface area contributed by atoms with E-state index in [0.717, 1.165) is 25.9 Å². The van der Waals surface area contributed by atoms with Crippen molar-refractivity contribution < 1.29 is 13.2 Å². The number of benzene rings is 1. The highest BCUT2D eigenvalue weighted by Crippen LogP contribution is 2.24. The van der Waals surface area contributed by atoms with Crippen molar-refractivity contribution in [2.24, 2.45) is 5.92 Å². The quantitative estimate of drug-likeness (QED) is 0.873. The van der Waals surface area contributed by atoms with Gasteiger partial charge in [0.1, 0.15) is 0 Å². The number of nitrogens with one attached hydrogen (secondary N) is 1. The van der Waals surface area contributed by atoms with Crippen molar-refractivity contribution in [2.45, 2.75) is 36.6 Å². The summed E-state index contributed by atoms with van der Waals surface area (Å²) in [6.07, 6.45) is 3.15. The smallest absolute Gasteiger partial charge is 0.243 e. The van der Waals surface area contributed by atoms with Gasteiger partial charge in [-0.05, 0) is 58.0 Å². The zero-order valence-corrected chi connectivity index (χ0v) is 15.5. The second-order valence-corrected chi connectivity index (χ2v) is 9.02. The molecule has 6 nitrogen and oxygen atoms in total. The van der Waals surface area contributed by atoms with E-state index in [1.165, 1.54) is 4.31 Å². The van der Waals surface area contributed by atoms with Crippen LogP contribution in [-0.4, -0.2) is 62.8 Å². The summed E-state index contributed by atoms with van der Waals surface area (Å²) in [5.41, 5.74) is 0. The molecule has 1 aromatic rings. The molecular formula is C18H27N3O3S. The lowest BCUT2D eigenvalue weighted by Crippen LogP contribution is -2.48. The molecule has 0 radical (unpaired) electrons. The van der Waals surface area contributed by atoms with Crippen LogP contribution in [-0.2, 0) is 14.8 Å². The van der Waals surface area contributed by atoms with Crippen molar-refractivity contribution in [3.63, 3.8) is 0 Å². The fourth-order valence-electron chi connectivity index (χ4n) is 3.57.